The molecule has 0 amide bonds. The van der Waals surface area contributed by atoms with Crippen LogP contribution >= 0.6 is 0 Å². The number of hydrogen-bond acceptors (Lipinski definition) is 3. The standard InChI is InChI=1S/C6H12N4/c1-9-6(5-3-4-5)10(2)8-7-9/h5-6H,3-4H2,1-2H3/p+1. The summed E-state index contributed by atoms with van der Waals surface area (Å²) in [6.07, 6.45) is 3.24. The lowest BCUT2D eigenvalue weighted by Gasteiger charge is -2.16. The van der Waals surface area contributed by atoms with Crippen molar-refractivity contribution in [3.63, 3.8) is 0 Å². The highest BCUT2D eigenvalue weighted by Crippen LogP contribution is 2.33. The van der Waals surface area contributed by atoms with Gasteiger partial charge in [0.2, 0.25) is 6.17 Å². The molecule has 4 nitrogen and oxygen atoms in total. The van der Waals surface area contributed by atoms with E-state index in [4.69, 9.17) is 0 Å². The number of nitrogens with one attached hydrogen (secondary N) is 1. The quantitative estimate of drug-likeness (QED) is 0.523. The summed E-state index contributed by atoms with van der Waals surface area (Å²) in [5, 5.41) is 11.2. The van der Waals surface area contributed by atoms with E-state index in [1.807, 2.05) is 12.1 Å². The third kappa shape index (κ3) is 0.794. The monoisotopic (exact) mass is 141 g/mol. The van der Waals surface area contributed by atoms with E-state index in [0.29, 0.717) is 6.17 Å². The Balaban J connectivity index is 2.05. The van der Waals surface area contributed by atoms with Crippen LogP contribution in [0.4, 0.5) is 0 Å². The molecule has 1 N–H and O–H groups in total. The van der Waals surface area contributed by atoms with E-state index in [2.05, 4.69) is 17.5 Å². The Morgan fingerprint density at radius 3 is 2.60 bits per heavy atom. The fourth-order valence-corrected chi connectivity index (χ4v) is 1.58. The minimum absolute atomic E-state index is 0.528. The molecule has 4 heteroatoms. The third-order valence-corrected chi connectivity index (χ3v) is 2.24. The van der Waals surface area contributed by atoms with Gasteiger partial charge in [0, 0.05) is 18.2 Å². The van der Waals surface area contributed by atoms with Crippen molar-refractivity contribution in [1.82, 2.24) is 5.01 Å². The van der Waals surface area contributed by atoms with E-state index in [9.17, 15) is 0 Å². The average Bonchev–Trinajstić information content (AvgIpc) is 2.64. The number of hydrogen-bond donors (Lipinski definition) is 1. The molecule has 2 aliphatic rings. The number of nitrogens with zero attached hydrogens (tertiary/aromatic N) is 3. The zero-order valence-electron chi connectivity index (χ0n) is 6.41. The van der Waals surface area contributed by atoms with Gasteiger partial charge in [0.1, 0.15) is 0 Å². The van der Waals surface area contributed by atoms with Gasteiger partial charge in [-0.3, -0.25) is 0 Å². The molecule has 0 aromatic carbocycles. The molecule has 1 saturated carbocycles. The Bertz CT molecular complexity index is 151. The molecule has 2 rings (SSSR count). The van der Waals surface area contributed by atoms with Gasteiger partial charge in [-0.25, -0.2) is 5.01 Å². The normalized spacial score (nSPS) is 39.2. The molecule has 0 radical (unpaired) electrons. The number of rotatable bonds is 1. The first-order valence-electron chi connectivity index (χ1n) is 3.77. The van der Waals surface area contributed by atoms with Gasteiger partial charge in [-0.2, -0.15) is 5.01 Å². The van der Waals surface area contributed by atoms with Crippen molar-refractivity contribution in [3.05, 3.63) is 0 Å². The lowest BCUT2D eigenvalue weighted by atomic mass is 10.3. The lowest BCUT2D eigenvalue weighted by Crippen LogP contribution is -3.08. The van der Waals surface area contributed by atoms with Crippen LogP contribution in [0, 0.1) is 5.92 Å². The summed E-state index contributed by atoms with van der Waals surface area (Å²) in [6.45, 7) is 0. The molecule has 0 aromatic heterocycles. The zero-order chi connectivity index (χ0) is 7.14. The van der Waals surface area contributed by atoms with E-state index in [-0.39, 0.29) is 0 Å². The molecule has 0 bridgehead atoms. The summed E-state index contributed by atoms with van der Waals surface area (Å²) in [7, 11) is 4.07. The molecule has 56 valence electrons. The second-order valence-electron chi connectivity index (χ2n) is 3.19. The SMILES string of the molecule is CN1N=N[NH+](C)C1C1CC1. The molecule has 0 spiro atoms. The second kappa shape index (κ2) is 1.92. The van der Waals surface area contributed by atoms with Gasteiger partial charge in [0.15, 0.2) is 0 Å². The number of quaternary nitrogens is 1. The zero-order valence-corrected chi connectivity index (χ0v) is 6.41. The molecular weight excluding hydrogens is 128 g/mol. The molecule has 0 aromatic rings. The second-order valence-corrected chi connectivity index (χ2v) is 3.19. The van der Waals surface area contributed by atoms with Crippen LogP contribution in [0.1, 0.15) is 12.8 Å². The molecule has 0 saturated heterocycles. The molecule has 2 atom stereocenters. The van der Waals surface area contributed by atoms with Crippen molar-refractivity contribution in [2.24, 2.45) is 16.4 Å². The van der Waals surface area contributed by atoms with Crippen LogP contribution in [0.15, 0.2) is 10.4 Å². The van der Waals surface area contributed by atoms with Gasteiger partial charge in [-0.1, -0.05) is 0 Å². The Morgan fingerprint density at radius 1 is 1.50 bits per heavy atom. The Labute approximate surface area is 60.5 Å². The highest BCUT2D eigenvalue weighted by molar-refractivity contribution is 4.79. The fourth-order valence-electron chi connectivity index (χ4n) is 1.58. The van der Waals surface area contributed by atoms with Crippen molar-refractivity contribution in [3.8, 4) is 0 Å². The predicted octanol–water partition coefficient (Wildman–Crippen LogP) is -0.535. The molecule has 1 fully saturated rings. The molecule has 10 heavy (non-hydrogen) atoms. The van der Waals surface area contributed by atoms with Gasteiger partial charge in [0.25, 0.3) is 0 Å². The third-order valence-electron chi connectivity index (χ3n) is 2.24. The van der Waals surface area contributed by atoms with Gasteiger partial charge < -0.3 is 0 Å². The summed E-state index contributed by atoms with van der Waals surface area (Å²) in [6, 6.07) is 0. The molecular formula is C6H13N4+. The maximum absolute atomic E-state index is 4.03. The minimum atomic E-state index is 0.528. The van der Waals surface area contributed by atoms with E-state index in [1.165, 1.54) is 17.9 Å². The smallest absolute Gasteiger partial charge is 0.207 e. The molecule has 1 heterocycles. The van der Waals surface area contributed by atoms with Crippen LogP contribution in [0.25, 0.3) is 0 Å². The summed E-state index contributed by atoms with van der Waals surface area (Å²) in [4.78, 5) is 0. The van der Waals surface area contributed by atoms with Gasteiger partial charge in [0.05, 0.1) is 7.05 Å². The summed E-state index contributed by atoms with van der Waals surface area (Å²) in [5.41, 5.74) is 0. The Kier molecular flexibility index (Phi) is 1.17. The fraction of sp³-hybridized carbons (Fsp3) is 1.00. The van der Waals surface area contributed by atoms with Crippen molar-refractivity contribution in [2.45, 2.75) is 19.0 Å². The van der Waals surface area contributed by atoms with Crippen LogP contribution in [0.2, 0.25) is 0 Å². The first-order valence-corrected chi connectivity index (χ1v) is 3.77. The Hall–Kier alpha value is -0.640. The highest BCUT2D eigenvalue weighted by Gasteiger charge is 2.43. The van der Waals surface area contributed by atoms with E-state index in [1.54, 1.807) is 0 Å². The van der Waals surface area contributed by atoms with Crippen molar-refractivity contribution in [1.29, 1.82) is 0 Å². The van der Waals surface area contributed by atoms with Gasteiger partial charge in [-0.15, -0.1) is 0 Å². The maximum Gasteiger partial charge on any atom is 0.207 e. The minimum Gasteiger partial charge on any atom is -0.222 e. The van der Waals surface area contributed by atoms with Crippen LogP contribution < -0.4 is 5.01 Å². The first kappa shape index (κ1) is 6.09. The molecule has 1 aliphatic carbocycles. The maximum atomic E-state index is 4.03. The van der Waals surface area contributed by atoms with Crippen LogP contribution in [0.5, 0.6) is 0 Å². The highest BCUT2D eigenvalue weighted by atomic mass is 15.8. The van der Waals surface area contributed by atoms with E-state index >= 15 is 0 Å². The van der Waals surface area contributed by atoms with Crippen LogP contribution in [-0.4, -0.2) is 25.3 Å². The summed E-state index contributed by atoms with van der Waals surface area (Å²) >= 11 is 0. The van der Waals surface area contributed by atoms with Crippen LogP contribution in [0.3, 0.4) is 0 Å². The van der Waals surface area contributed by atoms with Crippen molar-refractivity contribution < 1.29 is 5.01 Å². The predicted molar refractivity (Wildman–Crippen MR) is 36.0 cm³/mol. The van der Waals surface area contributed by atoms with Gasteiger partial charge >= 0.3 is 0 Å². The van der Waals surface area contributed by atoms with Gasteiger partial charge in [-0.05, 0) is 18.1 Å². The largest absolute Gasteiger partial charge is 0.222 e. The van der Waals surface area contributed by atoms with E-state index in [0.717, 1.165) is 5.92 Å². The van der Waals surface area contributed by atoms with Crippen molar-refractivity contribution in [2.75, 3.05) is 14.1 Å². The van der Waals surface area contributed by atoms with Crippen molar-refractivity contribution >= 4 is 0 Å². The van der Waals surface area contributed by atoms with E-state index < -0.39 is 0 Å². The van der Waals surface area contributed by atoms with Crippen LogP contribution in [-0.2, 0) is 0 Å². The summed E-state index contributed by atoms with van der Waals surface area (Å²) < 4.78 is 0. The lowest BCUT2D eigenvalue weighted by molar-refractivity contribution is -0.917. The molecule has 2 unspecified atom stereocenters. The topological polar surface area (TPSA) is 32.4 Å². The Morgan fingerprint density at radius 2 is 2.20 bits per heavy atom. The summed E-state index contributed by atoms with van der Waals surface area (Å²) in [5.74, 6) is 0.847. The molecule has 1 aliphatic heterocycles. The first-order chi connectivity index (χ1) is 4.79. The average molecular weight is 141 g/mol.